The number of rotatable bonds is 8. The molecule has 15 heavy (non-hydrogen) atoms. The molecule has 0 aliphatic rings. The highest BCUT2D eigenvalue weighted by Crippen LogP contribution is 1.85. The van der Waals surface area contributed by atoms with Crippen molar-refractivity contribution in [1.82, 2.24) is 10.6 Å². The second kappa shape index (κ2) is 9.26. The Balaban J connectivity index is 3.27. The summed E-state index contributed by atoms with van der Waals surface area (Å²) in [7, 11) is 0. The number of nitrogens with two attached hydrogens (primary N) is 1. The summed E-state index contributed by atoms with van der Waals surface area (Å²) in [6.07, 6.45) is 2.21. The average Bonchev–Trinajstić information content (AvgIpc) is 2.25. The van der Waals surface area contributed by atoms with Crippen molar-refractivity contribution in [1.29, 1.82) is 0 Å². The highest BCUT2D eigenvalue weighted by molar-refractivity contribution is 5.79. The third-order valence-electron chi connectivity index (χ3n) is 1.77. The molecule has 5 N–H and O–H groups in total. The Morgan fingerprint density at radius 1 is 1.47 bits per heavy atom. The number of hydrogen-bond donors (Lipinski definition) is 4. The summed E-state index contributed by atoms with van der Waals surface area (Å²) in [6.45, 7) is 3.71. The molecule has 0 aromatic rings. The van der Waals surface area contributed by atoms with Gasteiger partial charge in [-0.2, -0.15) is 0 Å². The van der Waals surface area contributed by atoms with E-state index in [1.165, 1.54) is 0 Å². The van der Waals surface area contributed by atoms with Gasteiger partial charge in [0, 0.05) is 13.0 Å². The van der Waals surface area contributed by atoms with Gasteiger partial charge in [-0.1, -0.05) is 12.1 Å². The molecule has 0 bridgehead atoms. The molecule has 0 atom stereocenters. The number of carbonyl (C=O) groups is 1. The van der Waals surface area contributed by atoms with Crippen molar-refractivity contribution in [2.45, 2.75) is 26.2 Å². The van der Waals surface area contributed by atoms with Crippen LogP contribution >= 0.6 is 0 Å². The van der Waals surface area contributed by atoms with E-state index >= 15 is 0 Å². The first-order chi connectivity index (χ1) is 7.20. The van der Waals surface area contributed by atoms with Crippen LogP contribution in [-0.4, -0.2) is 36.6 Å². The van der Waals surface area contributed by atoms with E-state index in [9.17, 15) is 4.79 Å². The molecule has 0 heterocycles. The van der Waals surface area contributed by atoms with Crippen LogP contribution in [0.1, 0.15) is 26.2 Å². The fourth-order valence-corrected chi connectivity index (χ4v) is 0.973. The second-order valence-electron chi connectivity index (χ2n) is 3.22. The molecular weight excluding hydrogens is 196 g/mol. The Morgan fingerprint density at radius 2 is 2.20 bits per heavy atom. The van der Waals surface area contributed by atoms with Gasteiger partial charge in [0.1, 0.15) is 5.84 Å². The second-order valence-corrected chi connectivity index (χ2v) is 3.22. The van der Waals surface area contributed by atoms with Crippen LogP contribution in [0.3, 0.4) is 0 Å². The van der Waals surface area contributed by atoms with E-state index in [1.807, 2.05) is 6.92 Å². The lowest BCUT2D eigenvalue weighted by molar-refractivity contribution is -0.120. The van der Waals surface area contributed by atoms with Gasteiger partial charge >= 0.3 is 0 Å². The number of nitrogens with one attached hydrogen (secondary N) is 2. The molecule has 88 valence electrons. The predicted molar refractivity (Wildman–Crippen MR) is 58.8 cm³/mol. The Bertz CT molecular complexity index is 206. The van der Waals surface area contributed by atoms with Gasteiger partial charge in [-0.05, 0) is 19.4 Å². The van der Waals surface area contributed by atoms with Crippen LogP contribution < -0.4 is 16.4 Å². The summed E-state index contributed by atoms with van der Waals surface area (Å²) in [6, 6.07) is 0. The van der Waals surface area contributed by atoms with E-state index < -0.39 is 0 Å². The molecule has 1 amide bonds. The number of amidine groups is 1. The van der Waals surface area contributed by atoms with E-state index in [0.29, 0.717) is 26.1 Å². The number of amides is 1. The minimum atomic E-state index is 0.000599. The molecule has 0 radical (unpaired) electrons. The Hall–Kier alpha value is -1.30. The average molecular weight is 216 g/mol. The third-order valence-corrected chi connectivity index (χ3v) is 1.77. The van der Waals surface area contributed by atoms with Crippen LogP contribution in [0.2, 0.25) is 0 Å². The lowest BCUT2D eigenvalue weighted by Crippen LogP contribution is -2.34. The van der Waals surface area contributed by atoms with Gasteiger partial charge in [-0.3, -0.25) is 4.79 Å². The molecule has 0 rings (SSSR count). The Labute approximate surface area is 89.9 Å². The first-order valence-electron chi connectivity index (χ1n) is 5.14. The lowest BCUT2D eigenvalue weighted by Gasteiger charge is -2.05. The molecule has 0 aliphatic heterocycles. The van der Waals surface area contributed by atoms with E-state index in [-0.39, 0.29) is 11.7 Å². The summed E-state index contributed by atoms with van der Waals surface area (Å²) in [4.78, 5) is 11.1. The Kier molecular flexibility index (Phi) is 8.46. The minimum Gasteiger partial charge on any atom is -0.409 e. The van der Waals surface area contributed by atoms with Crippen LogP contribution in [0.15, 0.2) is 5.16 Å². The van der Waals surface area contributed by atoms with Gasteiger partial charge in [0.15, 0.2) is 0 Å². The molecule has 0 fully saturated rings. The molecule has 0 aromatic carbocycles. The van der Waals surface area contributed by atoms with Crippen LogP contribution in [0.5, 0.6) is 0 Å². The molecule has 0 saturated carbocycles. The number of nitrogens with zero attached hydrogens (tertiary/aromatic N) is 1. The molecule has 6 heteroatoms. The van der Waals surface area contributed by atoms with E-state index in [0.717, 1.165) is 12.8 Å². The van der Waals surface area contributed by atoms with Gasteiger partial charge < -0.3 is 21.6 Å². The molecule has 0 spiro atoms. The van der Waals surface area contributed by atoms with Crippen molar-refractivity contribution in [3.05, 3.63) is 0 Å². The zero-order valence-corrected chi connectivity index (χ0v) is 9.12. The van der Waals surface area contributed by atoms with Gasteiger partial charge in [-0.25, -0.2) is 0 Å². The first-order valence-corrected chi connectivity index (χ1v) is 5.14. The molecule has 6 nitrogen and oxygen atoms in total. The van der Waals surface area contributed by atoms with Gasteiger partial charge in [0.2, 0.25) is 5.91 Å². The standard InChI is InChI=1S/C9H20N4O2/c1-2-5-12-9(14)7-11-6-3-4-8(10)13-15/h11,15H,2-7H2,1H3,(H2,10,13)(H,12,14). The summed E-state index contributed by atoms with van der Waals surface area (Å²) in [5.74, 6) is 0.216. The van der Waals surface area contributed by atoms with E-state index in [1.54, 1.807) is 0 Å². The predicted octanol–water partition coefficient (Wildman–Crippen LogP) is -0.371. The topological polar surface area (TPSA) is 99.7 Å². The monoisotopic (exact) mass is 216 g/mol. The highest BCUT2D eigenvalue weighted by Gasteiger charge is 1.98. The van der Waals surface area contributed by atoms with Crippen molar-refractivity contribution in [2.75, 3.05) is 19.6 Å². The van der Waals surface area contributed by atoms with Crippen molar-refractivity contribution in [2.24, 2.45) is 10.9 Å². The highest BCUT2D eigenvalue weighted by atomic mass is 16.4. The molecule has 0 aliphatic carbocycles. The molecule has 0 saturated heterocycles. The maximum absolute atomic E-state index is 11.1. The number of oxime groups is 1. The summed E-state index contributed by atoms with van der Waals surface area (Å²) < 4.78 is 0. The first kappa shape index (κ1) is 13.7. The lowest BCUT2D eigenvalue weighted by atomic mass is 10.3. The largest absolute Gasteiger partial charge is 0.409 e. The smallest absolute Gasteiger partial charge is 0.233 e. The van der Waals surface area contributed by atoms with Crippen LogP contribution in [0, 0.1) is 0 Å². The van der Waals surface area contributed by atoms with Crippen molar-refractivity contribution in [3.63, 3.8) is 0 Å². The number of carbonyl (C=O) groups excluding carboxylic acids is 1. The summed E-state index contributed by atoms with van der Waals surface area (Å²) in [5, 5.41) is 16.8. The fourth-order valence-electron chi connectivity index (χ4n) is 0.973. The van der Waals surface area contributed by atoms with Crippen LogP contribution in [-0.2, 0) is 4.79 Å². The zero-order valence-electron chi connectivity index (χ0n) is 9.12. The van der Waals surface area contributed by atoms with Gasteiger partial charge in [0.25, 0.3) is 0 Å². The molecule has 0 unspecified atom stereocenters. The summed E-state index contributed by atoms with van der Waals surface area (Å²) >= 11 is 0. The fraction of sp³-hybridized carbons (Fsp3) is 0.778. The normalized spacial score (nSPS) is 11.4. The van der Waals surface area contributed by atoms with Crippen LogP contribution in [0.25, 0.3) is 0 Å². The van der Waals surface area contributed by atoms with Crippen molar-refractivity contribution < 1.29 is 10.0 Å². The SMILES string of the molecule is CCCNC(=O)CNCCCC(N)=NO. The maximum atomic E-state index is 11.1. The quantitative estimate of drug-likeness (QED) is 0.146. The van der Waals surface area contributed by atoms with E-state index in [2.05, 4.69) is 15.8 Å². The minimum absolute atomic E-state index is 0.000599. The van der Waals surface area contributed by atoms with Gasteiger partial charge in [0.05, 0.1) is 6.54 Å². The summed E-state index contributed by atoms with van der Waals surface area (Å²) in [5.41, 5.74) is 5.27. The van der Waals surface area contributed by atoms with E-state index in [4.69, 9.17) is 10.9 Å². The van der Waals surface area contributed by atoms with Crippen molar-refractivity contribution in [3.8, 4) is 0 Å². The maximum Gasteiger partial charge on any atom is 0.233 e. The Morgan fingerprint density at radius 3 is 2.80 bits per heavy atom. The van der Waals surface area contributed by atoms with Crippen LogP contribution in [0.4, 0.5) is 0 Å². The number of hydrogen-bond acceptors (Lipinski definition) is 4. The third kappa shape index (κ3) is 9.01. The molecule has 0 aromatic heterocycles. The van der Waals surface area contributed by atoms with Crippen molar-refractivity contribution >= 4 is 11.7 Å². The molecular formula is C9H20N4O2. The zero-order chi connectivity index (χ0) is 11.5. The van der Waals surface area contributed by atoms with Gasteiger partial charge in [-0.15, -0.1) is 0 Å².